The van der Waals surface area contributed by atoms with Gasteiger partial charge in [0.2, 0.25) is 0 Å². The lowest BCUT2D eigenvalue weighted by molar-refractivity contribution is 0.806. The Morgan fingerprint density at radius 3 is 2.50 bits per heavy atom. The number of nitrogen functional groups attached to an aromatic ring is 1. The molecule has 2 rings (SSSR count). The molecule has 22 heavy (non-hydrogen) atoms. The number of nitrogens with zero attached hydrogens (tertiary/aromatic N) is 2. The van der Waals surface area contributed by atoms with E-state index in [0.717, 1.165) is 29.9 Å². The lowest BCUT2D eigenvalue weighted by Gasteiger charge is -2.20. The molecule has 0 aliphatic heterocycles. The SMILES string of the molecule is CCCN(/N=C(\C)c1cc(Cl)ccc1N)c1ccc(C)cc1. The standard InChI is InChI=1S/C18H22ClN3/c1-4-11-22(16-8-5-13(2)6-9-16)21-14(3)17-12-15(19)7-10-18(17)20/h5-10,12H,4,11,20H2,1-3H3/b21-14+. The highest BCUT2D eigenvalue weighted by Crippen LogP contribution is 2.21. The number of nitrogens with two attached hydrogens (primary N) is 1. The van der Waals surface area contributed by atoms with Gasteiger partial charge in [0, 0.05) is 22.8 Å². The maximum atomic E-state index is 6.07. The van der Waals surface area contributed by atoms with Crippen LogP contribution in [0.3, 0.4) is 0 Å². The summed E-state index contributed by atoms with van der Waals surface area (Å²) < 4.78 is 0. The van der Waals surface area contributed by atoms with Crippen molar-refractivity contribution < 1.29 is 0 Å². The lowest BCUT2D eigenvalue weighted by atomic mass is 10.1. The van der Waals surface area contributed by atoms with Crippen LogP contribution in [-0.4, -0.2) is 12.3 Å². The van der Waals surface area contributed by atoms with Crippen LogP contribution < -0.4 is 10.7 Å². The Morgan fingerprint density at radius 1 is 1.18 bits per heavy atom. The van der Waals surface area contributed by atoms with E-state index in [1.165, 1.54) is 5.56 Å². The Balaban J connectivity index is 2.36. The molecule has 0 aliphatic rings. The Morgan fingerprint density at radius 2 is 1.86 bits per heavy atom. The van der Waals surface area contributed by atoms with Crippen molar-refractivity contribution >= 4 is 28.7 Å². The molecule has 2 aromatic rings. The fraction of sp³-hybridized carbons (Fsp3) is 0.278. The van der Waals surface area contributed by atoms with Gasteiger partial charge in [-0.1, -0.05) is 36.2 Å². The normalized spacial score (nSPS) is 11.5. The summed E-state index contributed by atoms with van der Waals surface area (Å²) in [5.74, 6) is 0. The summed E-state index contributed by atoms with van der Waals surface area (Å²) in [6.07, 6.45) is 1.01. The first-order valence-corrected chi connectivity index (χ1v) is 7.84. The Hall–Kier alpha value is -2.00. The average Bonchev–Trinajstić information content (AvgIpc) is 2.50. The zero-order valence-corrected chi connectivity index (χ0v) is 14.1. The smallest absolute Gasteiger partial charge is 0.0672 e. The van der Waals surface area contributed by atoms with Crippen molar-refractivity contribution in [1.82, 2.24) is 0 Å². The third kappa shape index (κ3) is 4.01. The van der Waals surface area contributed by atoms with E-state index >= 15 is 0 Å². The van der Waals surface area contributed by atoms with Gasteiger partial charge in [-0.2, -0.15) is 5.10 Å². The van der Waals surface area contributed by atoms with E-state index in [1.54, 1.807) is 6.07 Å². The highest BCUT2D eigenvalue weighted by atomic mass is 35.5. The van der Waals surface area contributed by atoms with E-state index in [4.69, 9.17) is 22.4 Å². The molecule has 0 fully saturated rings. The molecule has 0 bridgehead atoms. The van der Waals surface area contributed by atoms with E-state index in [1.807, 2.05) is 24.1 Å². The second-order valence-electron chi connectivity index (χ2n) is 5.38. The first-order valence-electron chi connectivity index (χ1n) is 7.46. The maximum Gasteiger partial charge on any atom is 0.0672 e. The Kier molecular flexibility index (Phi) is 5.45. The molecule has 2 aromatic carbocycles. The summed E-state index contributed by atoms with van der Waals surface area (Å²) in [6, 6.07) is 13.8. The second kappa shape index (κ2) is 7.32. The average molecular weight is 316 g/mol. The molecule has 0 unspecified atom stereocenters. The molecule has 0 amide bonds. The van der Waals surface area contributed by atoms with E-state index in [9.17, 15) is 0 Å². The summed E-state index contributed by atoms with van der Waals surface area (Å²) in [4.78, 5) is 0. The van der Waals surface area contributed by atoms with E-state index in [-0.39, 0.29) is 0 Å². The summed E-state index contributed by atoms with van der Waals surface area (Å²) in [5.41, 5.74) is 10.8. The van der Waals surface area contributed by atoms with Crippen LogP contribution in [-0.2, 0) is 0 Å². The maximum absolute atomic E-state index is 6.07. The molecule has 0 atom stereocenters. The summed E-state index contributed by atoms with van der Waals surface area (Å²) >= 11 is 6.07. The number of benzene rings is 2. The van der Waals surface area contributed by atoms with Crippen LogP contribution in [0.5, 0.6) is 0 Å². The van der Waals surface area contributed by atoms with Crippen LogP contribution in [0.2, 0.25) is 5.02 Å². The molecular formula is C18H22ClN3. The number of aryl methyl sites for hydroxylation is 1. The van der Waals surface area contributed by atoms with Gasteiger partial charge in [0.05, 0.1) is 11.4 Å². The van der Waals surface area contributed by atoms with Crippen molar-refractivity contribution in [1.29, 1.82) is 0 Å². The molecule has 0 aromatic heterocycles. The quantitative estimate of drug-likeness (QED) is 0.486. The van der Waals surface area contributed by atoms with Gasteiger partial charge in [-0.25, -0.2) is 0 Å². The molecule has 0 heterocycles. The van der Waals surface area contributed by atoms with Crippen LogP contribution in [0.25, 0.3) is 0 Å². The monoisotopic (exact) mass is 315 g/mol. The van der Waals surface area contributed by atoms with Gasteiger partial charge in [0.15, 0.2) is 0 Å². The zero-order chi connectivity index (χ0) is 16.1. The van der Waals surface area contributed by atoms with Crippen LogP contribution in [0.15, 0.2) is 47.6 Å². The number of anilines is 2. The minimum Gasteiger partial charge on any atom is -0.398 e. The lowest BCUT2D eigenvalue weighted by Crippen LogP contribution is -2.19. The second-order valence-corrected chi connectivity index (χ2v) is 5.81. The predicted octanol–water partition coefficient (Wildman–Crippen LogP) is 4.87. The van der Waals surface area contributed by atoms with Gasteiger partial charge in [0.1, 0.15) is 0 Å². The molecule has 116 valence electrons. The van der Waals surface area contributed by atoms with Crippen LogP contribution in [0.1, 0.15) is 31.4 Å². The van der Waals surface area contributed by atoms with E-state index < -0.39 is 0 Å². The molecule has 0 radical (unpaired) electrons. The summed E-state index contributed by atoms with van der Waals surface area (Å²) in [7, 11) is 0. The topological polar surface area (TPSA) is 41.6 Å². The summed E-state index contributed by atoms with van der Waals surface area (Å²) in [5, 5.41) is 7.42. The van der Waals surface area contributed by atoms with Crippen LogP contribution in [0.4, 0.5) is 11.4 Å². The van der Waals surface area contributed by atoms with Crippen LogP contribution >= 0.6 is 11.6 Å². The van der Waals surface area contributed by atoms with Crippen molar-refractivity contribution in [3.05, 3.63) is 58.6 Å². The molecule has 2 N–H and O–H groups in total. The van der Waals surface area contributed by atoms with Gasteiger partial charge in [-0.3, -0.25) is 5.01 Å². The zero-order valence-electron chi connectivity index (χ0n) is 13.3. The fourth-order valence-corrected chi connectivity index (χ4v) is 2.41. The van der Waals surface area contributed by atoms with Gasteiger partial charge in [0.25, 0.3) is 0 Å². The van der Waals surface area contributed by atoms with Crippen molar-refractivity contribution in [2.24, 2.45) is 5.10 Å². The molecule has 0 saturated heterocycles. The highest BCUT2D eigenvalue weighted by molar-refractivity contribution is 6.31. The number of hydrogen-bond acceptors (Lipinski definition) is 3. The minimum atomic E-state index is 0.663. The number of hydrazone groups is 1. The van der Waals surface area contributed by atoms with Crippen molar-refractivity contribution in [3.8, 4) is 0 Å². The number of rotatable bonds is 5. The Bertz CT molecular complexity index is 663. The number of hydrogen-bond donors (Lipinski definition) is 1. The largest absolute Gasteiger partial charge is 0.398 e. The molecule has 0 saturated carbocycles. The van der Waals surface area contributed by atoms with Crippen molar-refractivity contribution in [2.45, 2.75) is 27.2 Å². The third-order valence-electron chi connectivity index (χ3n) is 3.44. The first kappa shape index (κ1) is 16.4. The van der Waals surface area contributed by atoms with Gasteiger partial charge < -0.3 is 5.73 Å². The fourth-order valence-electron chi connectivity index (χ4n) is 2.24. The molecule has 3 nitrogen and oxygen atoms in total. The Labute approximate surface area is 137 Å². The van der Waals surface area contributed by atoms with Crippen molar-refractivity contribution in [2.75, 3.05) is 17.3 Å². The van der Waals surface area contributed by atoms with E-state index in [0.29, 0.717) is 10.7 Å². The third-order valence-corrected chi connectivity index (χ3v) is 3.68. The molecule has 0 aliphatic carbocycles. The van der Waals surface area contributed by atoms with Crippen molar-refractivity contribution in [3.63, 3.8) is 0 Å². The van der Waals surface area contributed by atoms with Gasteiger partial charge in [-0.15, -0.1) is 0 Å². The van der Waals surface area contributed by atoms with Gasteiger partial charge in [-0.05, 0) is 50.6 Å². The van der Waals surface area contributed by atoms with Crippen LogP contribution in [0, 0.1) is 6.92 Å². The molecule has 0 spiro atoms. The first-order chi connectivity index (χ1) is 10.5. The highest BCUT2D eigenvalue weighted by Gasteiger charge is 2.08. The predicted molar refractivity (Wildman–Crippen MR) is 96.9 cm³/mol. The molecule has 4 heteroatoms. The van der Waals surface area contributed by atoms with Gasteiger partial charge >= 0.3 is 0 Å². The van der Waals surface area contributed by atoms with E-state index in [2.05, 4.69) is 38.1 Å². The molecular weight excluding hydrogens is 294 g/mol. The minimum absolute atomic E-state index is 0.663. The summed E-state index contributed by atoms with van der Waals surface area (Å²) in [6.45, 7) is 7.02. The number of halogens is 1.